The Morgan fingerprint density at radius 3 is 2.21 bits per heavy atom. The molecule has 4 nitrogen and oxygen atoms in total. The quantitative estimate of drug-likeness (QED) is 0.661. The van der Waals surface area contributed by atoms with E-state index < -0.39 is 0 Å². The number of hydrogen-bond acceptors (Lipinski definition) is 2. The van der Waals surface area contributed by atoms with Gasteiger partial charge >= 0.3 is 0 Å². The Morgan fingerprint density at radius 1 is 0.862 bits per heavy atom. The summed E-state index contributed by atoms with van der Waals surface area (Å²) in [4.78, 5) is 28.0. The standard InChI is InChI=1S/C25H26N2O2/c1-17-7-5-6-10-22(17)26-24(28)21-15-16-23(27-25(21)29)20-13-11-19(12-14-20)18-8-3-2-4-9-18/h2-4,8-9,11-17,22H,5-7,10H2,1H3,(H,26,28)(H,27,29). The number of aromatic nitrogens is 1. The molecule has 0 radical (unpaired) electrons. The summed E-state index contributed by atoms with van der Waals surface area (Å²) in [5.41, 5.74) is 3.71. The normalized spacial score (nSPS) is 18.9. The van der Waals surface area contributed by atoms with Crippen molar-refractivity contribution in [1.82, 2.24) is 10.3 Å². The fourth-order valence-electron chi connectivity index (χ4n) is 4.07. The van der Waals surface area contributed by atoms with Crippen LogP contribution in [0, 0.1) is 5.92 Å². The van der Waals surface area contributed by atoms with Crippen LogP contribution < -0.4 is 10.9 Å². The molecule has 29 heavy (non-hydrogen) atoms. The topological polar surface area (TPSA) is 62.0 Å². The molecule has 4 rings (SSSR count). The van der Waals surface area contributed by atoms with E-state index in [2.05, 4.69) is 29.4 Å². The van der Waals surface area contributed by atoms with Crippen molar-refractivity contribution in [2.24, 2.45) is 5.92 Å². The summed E-state index contributed by atoms with van der Waals surface area (Å²) < 4.78 is 0. The maximum Gasteiger partial charge on any atom is 0.261 e. The smallest absolute Gasteiger partial charge is 0.261 e. The Kier molecular flexibility index (Phi) is 5.61. The zero-order chi connectivity index (χ0) is 20.2. The predicted octanol–water partition coefficient (Wildman–Crippen LogP) is 5.02. The summed E-state index contributed by atoms with van der Waals surface area (Å²) in [5, 5.41) is 3.05. The molecular formula is C25H26N2O2. The monoisotopic (exact) mass is 386 g/mol. The van der Waals surface area contributed by atoms with Gasteiger partial charge in [-0.05, 0) is 47.6 Å². The third-order valence-corrected chi connectivity index (χ3v) is 5.89. The van der Waals surface area contributed by atoms with Crippen molar-refractivity contribution in [3.8, 4) is 22.4 Å². The molecule has 0 aliphatic heterocycles. The number of rotatable bonds is 4. The molecule has 0 bridgehead atoms. The van der Waals surface area contributed by atoms with Crippen LogP contribution in [0.1, 0.15) is 43.0 Å². The molecule has 1 aliphatic carbocycles. The third kappa shape index (κ3) is 4.32. The van der Waals surface area contributed by atoms with Gasteiger partial charge in [-0.25, -0.2) is 0 Å². The van der Waals surface area contributed by atoms with E-state index in [-0.39, 0.29) is 23.1 Å². The van der Waals surface area contributed by atoms with Crippen molar-refractivity contribution < 1.29 is 4.79 Å². The highest BCUT2D eigenvalue weighted by atomic mass is 16.2. The van der Waals surface area contributed by atoms with Crippen molar-refractivity contribution in [2.75, 3.05) is 0 Å². The molecule has 1 amide bonds. The summed E-state index contributed by atoms with van der Waals surface area (Å²) in [6.07, 6.45) is 4.45. The first-order valence-corrected chi connectivity index (χ1v) is 10.3. The van der Waals surface area contributed by atoms with Crippen LogP contribution in [0.25, 0.3) is 22.4 Å². The second kappa shape index (κ2) is 8.48. The van der Waals surface area contributed by atoms with Crippen LogP contribution >= 0.6 is 0 Å². The summed E-state index contributed by atoms with van der Waals surface area (Å²) in [7, 11) is 0. The van der Waals surface area contributed by atoms with E-state index in [1.54, 1.807) is 12.1 Å². The second-order valence-electron chi connectivity index (χ2n) is 7.90. The van der Waals surface area contributed by atoms with Crippen LogP contribution in [0.5, 0.6) is 0 Å². The van der Waals surface area contributed by atoms with Gasteiger partial charge in [-0.3, -0.25) is 9.59 Å². The number of hydrogen-bond donors (Lipinski definition) is 2. The number of pyridine rings is 1. The van der Waals surface area contributed by atoms with Gasteiger partial charge in [-0.1, -0.05) is 74.4 Å². The van der Waals surface area contributed by atoms with E-state index in [9.17, 15) is 9.59 Å². The van der Waals surface area contributed by atoms with Crippen LogP contribution in [0.3, 0.4) is 0 Å². The molecule has 1 aliphatic rings. The lowest BCUT2D eigenvalue weighted by atomic mass is 9.86. The van der Waals surface area contributed by atoms with Gasteiger partial charge < -0.3 is 10.3 Å². The minimum absolute atomic E-state index is 0.154. The Hall–Kier alpha value is -3.14. The molecule has 4 heteroatoms. The minimum atomic E-state index is -0.351. The molecule has 148 valence electrons. The Morgan fingerprint density at radius 2 is 1.52 bits per heavy atom. The summed E-state index contributed by atoms with van der Waals surface area (Å²) >= 11 is 0. The van der Waals surface area contributed by atoms with Gasteiger partial charge in [0.05, 0.1) is 0 Å². The molecule has 0 spiro atoms. The van der Waals surface area contributed by atoms with Gasteiger partial charge in [0.25, 0.3) is 11.5 Å². The van der Waals surface area contributed by atoms with Crippen LogP contribution in [0.4, 0.5) is 0 Å². The lowest BCUT2D eigenvalue weighted by molar-refractivity contribution is 0.0908. The number of amides is 1. The molecule has 2 atom stereocenters. The lowest BCUT2D eigenvalue weighted by Crippen LogP contribution is -2.42. The molecule has 2 unspecified atom stereocenters. The Bertz CT molecular complexity index is 1040. The van der Waals surface area contributed by atoms with Gasteiger partial charge in [0, 0.05) is 11.7 Å². The molecule has 1 saturated carbocycles. The maximum absolute atomic E-state index is 12.6. The summed E-state index contributed by atoms with van der Waals surface area (Å²) in [5.74, 6) is 0.171. The SMILES string of the molecule is CC1CCCCC1NC(=O)c1ccc(-c2ccc(-c3ccccc3)cc2)[nH]c1=O. The summed E-state index contributed by atoms with van der Waals surface area (Å²) in [6.45, 7) is 2.16. The van der Waals surface area contributed by atoms with Gasteiger partial charge in [-0.2, -0.15) is 0 Å². The number of H-pyrrole nitrogens is 1. The molecule has 0 saturated heterocycles. The average Bonchev–Trinajstić information content (AvgIpc) is 2.76. The number of benzene rings is 2. The predicted molar refractivity (Wildman–Crippen MR) is 117 cm³/mol. The fourth-order valence-corrected chi connectivity index (χ4v) is 4.07. The van der Waals surface area contributed by atoms with Crippen molar-refractivity contribution in [2.45, 2.75) is 38.6 Å². The van der Waals surface area contributed by atoms with E-state index in [1.807, 2.05) is 42.5 Å². The van der Waals surface area contributed by atoms with E-state index >= 15 is 0 Å². The number of nitrogens with one attached hydrogen (secondary N) is 2. The average molecular weight is 386 g/mol. The minimum Gasteiger partial charge on any atom is -0.349 e. The second-order valence-corrected chi connectivity index (χ2v) is 7.90. The first-order chi connectivity index (χ1) is 14.1. The molecule has 1 fully saturated rings. The summed E-state index contributed by atoms with van der Waals surface area (Å²) in [6, 6.07) is 21.8. The van der Waals surface area contributed by atoms with Gasteiger partial charge in [0.15, 0.2) is 0 Å². The molecule has 2 N–H and O–H groups in total. The Balaban J connectivity index is 1.51. The Labute approximate surface area is 171 Å². The van der Waals surface area contributed by atoms with E-state index in [0.29, 0.717) is 11.6 Å². The van der Waals surface area contributed by atoms with E-state index in [1.165, 1.54) is 6.42 Å². The fraction of sp³-hybridized carbons (Fsp3) is 0.280. The van der Waals surface area contributed by atoms with Crippen molar-refractivity contribution in [3.05, 3.63) is 82.6 Å². The zero-order valence-electron chi connectivity index (χ0n) is 16.7. The van der Waals surface area contributed by atoms with E-state index in [0.717, 1.165) is 36.0 Å². The lowest BCUT2D eigenvalue weighted by Gasteiger charge is -2.29. The molecule has 3 aromatic rings. The van der Waals surface area contributed by atoms with Crippen molar-refractivity contribution in [1.29, 1.82) is 0 Å². The molecule has 2 aromatic carbocycles. The highest BCUT2D eigenvalue weighted by Gasteiger charge is 2.24. The number of carbonyl (C=O) groups excluding carboxylic acids is 1. The van der Waals surface area contributed by atoms with Crippen molar-refractivity contribution >= 4 is 5.91 Å². The van der Waals surface area contributed by atoms with Crippen LogP contribution in [-0.2, 0) is 0 Å². The molecule has 1 aromatic heterocycles. The first kappa shape index (κ1) is 19.2. The van der Waals surface area contributed by atoms with Gasteiger partial charge in [0.2, 0.25) is 0 Å². The number of carbonyl (C=O) groups is 1. The zero-order valence-corrected chi connectivity index (χ0v) is 16.7. The van der Waals surface area contributed by atoms with Gasteiger partial charge in [-0.15, -0.1) is 0 Å². The van der Waals surface area contributed by atoms with Crippen molar-refractivity contribution in [3.63, 3.8) is 0 Å². The van der Waals surface area contributed by atoms with Crippen LogP contribution in [-0.4, -0.2) is 16.9 Å². The highest BCUT2D eigenvalue weighted by Crippen LogP contribution is 2.25. The highest BCUT2D eigenvalue weighted by molar-refractivity contribution is 5.94. The first-order valence-electron chi connectivity index (χ1n) is 10.3. The molecular weight excluding hydrogens is 360 g/mol. The third-order valence-electron chi connectivity index (χ3n) is 5.89. The largest absolute Gasteiger partial charge is 0.349 e. The van der Waals surface area contributed by atoms with E-state index in [4.69, 9.17) is 0 Å². The number of aromatic amines is 1. The van der Waals surface area contributed by atoms with Crippen LogP contribution in [0.2, 0.25) is 0 Å². The van der Waals surface area contributed by atoms with Gasteiger partial charge in [0.1, 0.15) is 5.56 Å². The van der Waals surface area contributed by atoms with Crippen LogP contribution in [0.15, 0.2) is 71.5 Å². The molecule has 1 heterocycles. The maximum atomic E-state index is 12.6.